The van der Waals surface area contributed by atoms with Gasteiger partial charge in [-0.2, -0.15) is 0 Å². The molecule has 0 radical (unpaired) electrons. The number of amides is 1. The second-order valence-corrected chi connectivity index (χ2v) is 5.32. The lowest BCUT2D eigenvalue weighted by molar-refractivity contribution is -0.138. The first-order chi connectivity index (χ1) is 7.97. The van der Waals surface area contributed by atoms with Crippen molar-refractivity contribution in [1.29, 1.82) is 0 Å². The highest BCUT2D eigenvalue weighted by Gasteiger charge is 2.37. The van der Waals surface area contributed by atoms with Gasteiger partial charge in [0.05, 0.1) is 18.1 Å². The second kappa shape index (κ2) is 4.15. The van der Waals surface area contributed by atoms with Crippen molar-refractivity contribution in [3.63, 3.8) is 0 Å². The van der Waals surface area contributed by atoms with Crippen LogP contribution in [0.25, 0.3) is 0 Å². The molecule has 1 aliphatic rings. The van der Waals surface area contributed by atoms with Crippen molar-refractivity contribution in [2.75, 3.05) is 13.7 Å². The summed E-state index contributed by atoms with van der Waals surface area (Å²) in [6.07, 6.45) is 0.820. The quantitative estimate of drug-likeness (QED) is 0.860. The van der Waals surface area contributed by atoms with E-state index in [1.54, 1.807) is 11.9 Å². The molecule has 0 saturated heterocycles. The van der Waals surface area contributed by atoms with E-state index >= 15 is 0 Å². The van der Waals surface area contributed by atoms with E-state index in [0.29, 0.717) is 0 Å². The summed E-state index contributed by atoms with van der Waals surface area (Å²) < 4.78 is 0. The van der Waals surface area contributed by atoms with Gasteiger partial charge in [0, 0.05) is 7.05 Å². The van der Waals surface area contributed by atoms with Gasteiger partial charge in [-0.3, -0.25) is 4.79 Å². The molecule has 1 amide bonds. The normalized spacial score (nSPS) is 18.2. The predicted octanol–water partition coefficient (Wildman–Crippen LogP) is 1.56. The first kappa shape index (κ1) is 12.1. The summed E-state index contributed by atoms with van der Waals surface area (Å²) in [7, 11) is 1.76. The molecule has 0 heterocycles. The Morgan fingerprint density at radius 1 is 1.47 bits per heavy atom. The van der Waals surface area contributed by atoms with Crippen LogP contribution in [0.1, 0.15) is 30.9 Å². The molecule has 0 fully saturated rings. The summed E-state index contributed by atoms with van der Waals surface area (Å²) in [4.78, 5) is 14.0. The molecular weight excluding hydrogens is 214 g/mol. The maximum absolute atomic E-state index is 12.3. The zero-order chi connectivity index (χ0) is 12.6. The van der Waals surface area contributed by atoms with Crippen molar-refractivity contribution < 1.29 is 9.90 Å². The van der Waals surface area contributed by atoms with Crippen molar-refractivity contribution >= 4 is 5.91 Å². The number of nitrogens with zero attached hydrogens (tertiary/aromatic N) is 1. The topological polar surface area (TPSA) is 40.5 Å². The van der Waals surface area contributed by atoms with E-state index in [-0.39, 0.29) is 18.4 Å². The Hall–Kier alpha value is -1.35. The fourth-order valence-corrected chi connectivity index (χ4v) is 2.12. The van der Waals surface area contributed by atoms with E-state index < -0.39 is 5.54 Å². The van der Waals surface area contributed by atoms with Gasteiger partial charge in [-0.1, -0.05) is 24.3 Å². The second-order valence-electron chi connectivity index (χ2n) is 5.32. The maximum Gasteiger partial charge on any atom is 0.230 e. The van der Waals surface area contributed by atoms with Crippen molar-refractivity contribution in [3.8, 4) is 0 Å². The number of hydrogen-bond acceptors (Lipinski definition) is 2. The smallest absolute Gasteiger partial charge is 0.230 e. The Morgan fingerprint density at radius 3 is 2.71 bits per heavy atom. The molecule has 1 aliphatic carbocycles. The number of hydrogen-bond donors (Lipinski definition) is 1. The molecule has 0 spiro atoms. The first-order valence-electron chi connectivity index (χ1n) is 5.93. The number of rotatable bonds is 3. The van der Waals surface area contributed by atoms with Gasteiger partial charge in [0.2, 0.25) is 5.91 Å². The molecule has 3 nitrogen and oxygen atoms in total. The molecule has 2 rings (SSSR count). The average Bonchev–Trinajstić information content (AvgIpc) is 2.29. The molecule has 0 aliphatic heterocycles. The minimum Gasteiger partial charge on any atom is -0.394 e. The van der Waals surface area contributed by atoms with Crippen LogP contribution in [0.15, 0.2) is 24.3 Å². The lowest BCUT2D eigenvalue weighted by Crippen LogP contribution is -2.50. The minimum absolute atomic E-state index is 0.0242. The maximum atomic E-state index is 12.3. The van der Waals surface area contributed by atoms with Crippen LogP contribution >= 0.6 is 0 Å². The van der Waals surface area contributed by atoms with Crippen molar-refractivity contribution in [2.45, 2.75) is 31.7 Å². The zero-order valence-corrected chi connectivity index (χ0v) is 10.6. The standard InChI is InChI=1S/C14H19NO2/c1-14(2,9-16)15(3)13(17)12-8-10-6-4-5-7-11(10)12/h4-7,12,16H,8-9H2,1-3H3. The van der Waals surface area contributed by atoms with Crippen LogP contribution in [-0.2, 0) is 11.2 Å². The number of aliphatic hydroxyl groups excluding tert-OH is 1. The molecule has 1 aromatic carbocycles. The molecule has 1 unspecified atom stereocenters. The Morgan fingerprint density at radius 2 is 2.12 bits per heavy atom. The number of likely N-dealkylation sites (N-methyl/N-ethyl adjacent to an activating group) is 1. The van der Waals surface area contributed by atoms with Gasteiger partial charge in [0.25, 0.3) is 0 Å². The highest BCUT2D eigenvalue weighted by atomic mass is 16.3. The molecular formula is C14H19NO2. The van der Waals surface area contributed by atoms with Gasteiger partial charge >= 0.3 is 0 Å². The minimum atomic E-state index is -0.498. The van der Waals surface area contributed by atoms with Gasteiger partial charge in [-0.05, 0) is 31.4 Å². The fraction of sp³-hybridized carbons (Fsp3) is 0.500. The third-order valence-electron chi connectivity index (χ3n) is 3.78. The largest absolute Gasteiger partial charge is 0.394 e. The first-order valence-corrected chi connectivity index (χ1v) is 5.93. The van der Waals surface area contributed by atoms with Crippen LogP contribution in [0.5, 0.6) is 0 Å². The summed E-state index contributed by atoms with van der Waals surface area (Å²) in [6, 6.07) is 8.05. The van der Waals surface area contributed by atoms with Gasteiger partial charge in [0.15, 0.2) is 0 Å². The number of aliphatic hydroxyl groups is 1. The molecule has 17 heavy (non-hydrogen) atoms. The molecule has 0 saturated carbocycles. The van der Waals surface area contributed by atoms with Crippen LogP contribution in [0.4, 0.5) is 0 Å². The summed E-state index contributed by atoms with van der Waals surface area (Å²) >= 11 is 0. The fourth-order valence-electron chi connectivity index (χ4n) is 2.12. The van der Waals surface area contributed by atoms with Crippen LogP contribution in [0, 0.1) is 0 Å². The molecule has 1 N–H and O–H groups in total. The third kappa shape index (κ3) is 1.95. The van der Waals surface area contributed by atoms with E-state index in [2.05, 4.69) is 6.07 Å². The molecule has 0 bridgehead atoms. The van der Waals surface area contributed by atoms with E-state index in [4.69, 9.17) is 0 Å². The Kier molecular flexibility index (Phi) is 2.96. The van der Waals surface area contributed by atoms with Crippen molar-refractivity contribution in [2.24, 2.45) is 0 Å². The van der Waals surface area contributed by atoms with Crippen molar-refractivity contribution in [3.05, 3.63) is 35.4 Å². The van der Waals surface area contributed by atoms with Crippen LogP contribution in [-0.4, -0.2) is 35.1 Å². The van der Waals surface area contributed by atoms with Gasteiger partial charge < -0.3 is 10.0 Å². The number of fused-ring (bicyclic) bond motifs is 1. The van der Waals surface area contributed by atoms with Gasteiger partial charge in [-0.15, -0.1) is 0 Å². The van der Waals surface area contributed by atoms with Crippen molar-refractivity contribution in [1.82, 2.24) is 4.90 Å². The van der Waals surface area contributed by atoms with Crippen LogP contribution in [0.3, 0.4) is 0 Å². The van der Waals surface area contributed by atoms with E-state index in [1.807, 2.05) is 32.0 Å². The number of carbonyl (C=O) groups excluding carboxylic acids is 1. The SMILES string of the molecule is CN(C(=O)C1Cc2ccccc21)C(C)(C)CO. The monoisotopic (exact) mass is 233 g/mol. The van der Waals surface area contributed by atoms with Crippen LogP contribution in [0.2, 0.25) is 0 Å². The Labute approximate surface area is 102 Å². The average molecular weight is 233 g/mol. The summed E-state index contributed by atoms with van der Waals surface area (Å²) in [5, 5.41) is 9.29. The molecule has 3 heteroatoms. The van der Waals surface area contributed by atoms with E-state index in [9.17, 15) is 9.90 Å². The number of benzene rings is 1. The van der Waals surface area contributed by atoms with Gasteiger partial charge in [0.1, 0.15) is 0 Å². The highest BCUT2D eigenvalue weighted by Crippen LogP contribution is 2.36. The highest BCUT2D eigenvalue weighted by molar-refractivity contribution is 5.87. The summed E-state index contributed by atoms with van der Waals surface area (Å²) in [6.45, 7) is 3.72. The zero-order valence-electron chi connectivity index (χ0n) is 10.6. The Bertz CT molecular complexity index is 440. The van der Waals surface area contributed by atoms with Crippen LogP contribution < -0.4 is 0 Å². The lowest BCUT2D eigenvalue weighted by atomic mass is 9.76. The molecule has 1 aromatic rings. The predicted molar refractivity (Wildman–Crippen MR) is 66.8 cm³/mol. The molecule has 92 valence electrons. The van der Waals surface area contributed by atoms with Gasteiger partial charge in [-0.25, -0.2) is 0 Å². The number of carbonyl (C=O) groups is 1. The van der Waals surface area contributed by atoms with E-state index in [1.165, 1.54) is 5.56 Å². The molecule has 1 atom stereocenters. The summed E-state index contributed by atoms with van der Waals surface area (Å²) in [5.41, 5.74) is 1.90. The third-order valence-corrected chi connectivity index (χ3v) is 3.78. The Balaban J connectivity index is 2.14. The summed E-state index contributed by atoms with van der Waals surface area (Å²) in [5.74, 6) is 0.0739. The van der Waals surface area contributed by atoms with E-state index in [0.717, 1.165) is 12.0 Å². The lowest BCUT2D eigenvalue weighted by Gasteiger charge is -2.39. The molecule has 0 aromatic heterocycles.